The maximum atomic E-state index is 5.33. The minimum Gasteiger partial charge on any atom is -0.339 e. The van der Waals surface area contributed by atoms with E-state index in [1.165, 1.54) is 0 Å². The summed E-state index contributed by atoms with van der Waals surface area (Å²) in [6.07, 6.45) is 0.853. The van der Waals surface area contributed by atoms with E-state index in [0.29, 0.717) is 6.04 Å². The summed E-state index contributed by atoms with van der Waals surface area (Å²) in [7, 11) is 1.94. The maximum absolute atomic E-state index is 5.33. The van der Waals surface area contributed by atoms with E-state index in [1.54, 1.807) is 0 Å². The van der Waals surface area contributed by atoms with Crippen LogP contribution in [0.15, 0.2) is 4.52 Å². The smallest absolute Gasteiger partial charge is 0.231 e. The zero-order chi connectivity index (χ0) is 13.5. The van der Waals surface area contributed by atoms with Gasteiger partial charge in [-0.2, -0.15) is 4.98 Å². The van der Waals surface area contributed by atoms with Gasteiger partial charge in [-0.15, -0.1) is 0 Å². The van der Waals surface area contributed by atoms with Crippen LogP contribution in [-0.2, 0) is 6.42 Å². The molecule has 1 aromatic rings. The van der Waals surface area contributed by atoms with E-state index in [1.807, 2.05) is 7.05 Å². The summed E-state index contributed by atoms with van der Waals surface area (Å²) in [6.45, 7) is 11.7. The molecule has 1 aromatic heterocycles. The van der Waals surface area contributed by atoms with E-state index < -0.39 is 0 Å². The highest BCUT2D eigenvalue weighted by molar-refractivity contribution is 4.96. The van der Waals surface area contributed by atoms with Crippen molar-refractivity contribution in [3.8, 4) is 0 Å². The molecule has 18 heavy (non-hydrogen) atoms. The molecule has 0 spiro atoms. The first-order valence-electron chi connectivity index (χ1n) is 6.84. The first-order valence-corrected chi connectivity index (χ1v) is 6.84. The van der Waals surface area contributed by atoms with E-state index in [9.17, 15) is 0 Å². The quantitative estimate of drug-likeness (QED) is 0.764. The summed E-state index contributed by atoms with van der Waals surface area (Å²) < 4.78 is 5.33. The van der Waals surface area contributed by atoms with Crippen molar-refractivity contribution in [1.29, 1.82) is 0 Å². The molecule has 1 rings (SSSR count). The highest BCUT2D eigenvalue weighted by atomic mass is 16.5. The molecule has 0 fully saturated rings. The highest BCUT2D eigenvalue weighted by Crippen LogP contribution is 2.16. The number of hydrogen-bond acceptors (Lipinski definition) is 5. The fourth-order valence-corrected chi connectivity index (χ4v) is 1.82. The van der Waals surface area contributed by atoms with Crippen molar-refractivity contribution in [1.82, 2.24) is 20.4 Å². The Morgan fingerprint density at radius 3 is 2.50 bits per heavy atom. The first-order chi connectivity index (χ1) is 8.62. The van der Waals surface area contributed by atoms with Crippen LogP contribution in [0.25, 0.3) is 0 Å². The molecule has 0 aromatic carbocycles. The van der Waals surface area contributed by atoms with Crippen LogP contribution in [0.1, 0.15) is 45.3 Å². The van der Waals surface area contributed by atoms with Crippen LogP contribution >= 0.6 is 0 Å². The number of aromatic nitrogens is 2. The fraction of sp³-hybridized carbons (Fsp3) is 0.846. The Bertz CT molecular complexity index is 335. The van der Waals surface area contributed by atoms with Crippen molar-refractivity contribution in [2.24, 2.45) is 0 Å². The van der Waals surface area contributed by atoms with Gasteiger partial charge in [0.15, 0.2) is 5.82 Å². The lowest BCUT2D eigenvalue weighted by atomic mass is 10.0. The molecular weight excluding hydrogens is 228 g/mol. The van der Waals surface area contributed by atoms with Crippen molar-refractivity contribution >= 4 is 0 Å². The number of rotatable bonds is 8. The second-order valence-electron chi connectivity index (χ2n) is 4.69. The van der Waals surface area contributed by atoms with Gasteiger partial charge in [-0.3, -0.25) is 0 Å². The van der Waals surface area contributed by atoms with Crippen molar-refractivity contribution in [3.63, 3.8) is 0 Å². The summed E-state index contributed by atoms with van der Waals surface area (Å²) in [6, 6.07) is 0.334. The highest BCUT2D eigenvalue weighted by Gasteiger charge is 2.19. The minimum absolute atomic E-state index is 0.240. The van der Waals surface area contributed by atoms with Gasteiger partial charge in [0.1, 0.15) is 0 Å². The van der Waals surface area contributed by atoms with Gasteiger partial charge in [0.05, 0.1) is 5.92 Å². The van der Waals surface area contributed by atoms with Crippen molar-refractivity contribution in [2.75, 3.05) is 26.7 Å². The molecule has 1 N–H and O–H groups in total. The van der Waals surface area contributed by atoms with Gasteiger partial charge in [-0.1, -0.05) is 25.9 Å². The third kappa shape index (κ3) is 4.07. The summed E-state index contributed by atoms with van der Waals surface area (Å²) in [5, 5.41) is 7.26. The van der Waals surface area contributed by atoms with Gasteiger partial charge in [0.25, 0.3) is 0 Å². The number of likely N-dealkylation sites (N-methyl/N-ethyl adjacent to an activating group) is 2. The second-order valence-corrected chi connectivity index (χ2v) is 4.69. The average molecular weight is 254 g/mol. The molecule has 0 amide bonds. The molecule has 0 radical (unpaired) electrons. The van der Waals surface area contributed by atoms with Crippen LogP contribution in [0.3, 0.4) is 0 Å². The van der Waals surface area contributed by atoms with Crippen molar-refractivity contribution < 1.29 is 4.52 Å². The summed E-state index contributed by atoms with van der Waals surface area (Å²) >= 11 is 0. The first kappa shape index (κ1) is 15.1. The van der Waals surface area contributed by atoms with E-state index in [4.69, 9.17) is 4.52 Å². The molecule has 0 aliphatic heterocycles. The average Bonchev–Trinajstić information content (AvgIpc) is 2.87. The lowest BCUT2D eigenvalue weighted by Gasteiger charge is -2.16. The maximum Gasteiger partial charge on any atom is 0.231 e. The Hall–Kier alpha value is -0.940. The molecule has 5 nitrogen and oxygen atoms in total. The van der Waals surface area contributed by atoms with Gasteiger partial charge < -0.3 is 14.7 Å². The largest absolute Gasteiger partial charge is 0.339 e. The molecule has 104 valence electrons. The van der Waals surface area contributed by atoms with Gasteiger partial charge in [0.2, 0.25) is 5.89 Å². The van der Waals surface area contributed by atoms with Crippen LogP contribution in [0.5, 0.6) is 0 Å². The predicted molar refractivity (Wildman–Crippen MR) is 72.7 cm³/mol. The molecule has 0 bridgehead atoms. The van der Waals surface area contributed by atoms with E-state index in [0.717, 1.165) is 37.8 Å². The molecule has 0 aliphatic rings. The third-order valence-electron chi connectivity index (χ3n) is 3.62. The Morgan fingerprint density at radius 1 is 1.28 bits per heavy atom. The molecule has 0 saturated carbocycles. The monoisotopic (exact) mass is 254 g/mol. The lowest BCUT2D eigenvalue weighted by molar-refractivity contribution is 0.301. The molecule has 1 heterocycles. The van der Waals surface area contributed by atoms with Crippen molar-refractivity contribution in [2.45, 2.75) is 46.1 Å². The Morgan fingerprint density at radius 2 is 1.94 bits per heavy atom. The zero-order valence-electron chi connectivity index (χ0n) is 12.2. The number of nitrogens with one attached hydrogen (secondary N) is 1. The Balaban J connectivity index is 2.52. The second kappa shape index (κ2) is 7.48. The van der Waals surface area contributed by atoms with Crippen molar-refractivity contribution in [3.05, 3.63) is 11.7 Å². The molecule has 0 aliphatic carbocycles. The van der Waals surface area contributed by atoms with E-state index in [-0.39, 0.29) is 5.92 Å². The normalized spacial score (nSPS) is 15.0. The SMILES string of the molecule is CCN(CC)CCc1noc(C(C)C(C)NC)n1. The molecule has 2 atom stereocenters. The topological polar surface area (TPSA) is 54.2 Å². The standard InChI is InChI=1S/C13H26N4O/c1-6-17(7-2)9-8-12-15-13(18-16-12)10(3)11(4)14-5/h10-11,14H,6-9H2,1-5H3. The van der Waals surface area contributed by atoms with Crippen LogP contribution in [0.2, 0.25) is 0 Å². The van der Waals surface area contributed by atoms with E-state index >= 15 is 0 Å². The van der Waals surface area contributed by atoms with Crippen LogP contribution in [-0.4, -0.2) is 47.8 Å². The van der Waals surface area contributed by atoms with E-state index in [2.05, 4.69) is 48.1 Å². The summed E-state index contributed by atoms with van der Waals surface area (Å²) in [5.74, 6) is 1.78. The van der Waals surface area contributed by atoms with Gasteiger partial charge in [0, 0.05) is 19.0 Å². The fourth-order valence-electron chi connectivity index (χ4n) is 1.82. The number of hydrogen-bond donors (Lipinski definition) is 1. The predicted octanol–water partition coefficient (Wildman–Crippen LogP) is 1.67. The van der Waals surface area contributed by atoms with Crippen LogP contribution < -0.4 is 5.32 Å². The third-order valence-corrected chi connectivity index (χ3v) is 3.62. The van der Waals surface area contributed by atoms with Crippen LogP contribution in [0.4, 0.5) is 0 Å². The summed E-state index contributed by atoms with van der Waals surface area (Å²) in [5.41, 5.74) is 0. The lowest BCUT2D eigenvalue weighted by Crippen LogP contribution is -2.27. The van der Waals surface area contributed by atoms with Gasteiger partial charge >= 0.3 is 0 Å². The molecule has 2 unspecified atom stereocenters. The summed E-state index contributed by atoms with van der Waals surface area (Å²) in [4.78, 5) is 6.83. The molecule has 0 saturated heterocycles. The van der Waals surface area contributed by atoms with Gasteiger partial charge in [-0.25, -0.2) is 0 Å². The Labute approximate surface area is 110 Å². The number of nitrogens with zero attached hydrogens (tertiary/aromatic N) is 3. The zero-order valence-corrected chi connectivity index (χ0v) is 12.2. The van der Waals surface area contributed by atoms with Gasteiger partial charge in [-0.05, 0) is 27.1 Å². The Kier molecular flexibility index (Phi) is 6.29. The molecular formula is C13H26N4O. The van der Waals surface area contributed by atoms with Crippen LogP contribution in [0, 0.1) is 0 Å². The minimum atomic E-state index is 0.240. The molecule has 5 heteroatoms.